The maximum atomic E-state index is 2.46. The summed E-state index contributed by atoms with van der Waals surface area (Å²) >= 11 is 0. The Morgan fingerprint density at radius 1 is 0.950 bits per heavy atom. The molecular formula is C19H23P. The van der Waals surface area contributed by atoms with Crippen molar-refractivity contribution in [3.8, 4) is 0 Å². The molecule has 20 heavy (non-hydrogen) atoms. The van der Waals surface area contributed by atoms with E-state index in [4.69, 9.17) is 0 Å². The Bertz CT molecular complexity index is 616. The average molecular weight is 282 g/mol. The SMILES string of the molecule is CC1=C(C)C2CC(C)=C(C)CP2C(c2ccccc2)=C1. The highest BCUT2D eigenvalue weighted by Crippen LogP contribution is 2.63. The van der Waals surface area contributed by atoms with Gasteiger partial charge in [-0.05, 0) is 51.2 Å². The van der Waals surface area contributed by atoms with Crippen molar-refractivity contribution in [1.82, 2.24) is 0 Å². The van der Waals surface area contributed by atoms with Crippen LogP contribution in [0.3, 0.4) is 0 Å². The number of fused-ring (bicyclic) bond motifs is 1. The van der Waals surface area contributed by atoms with Crippen molar-refractivity contribution in [3.63, 3.8) is 0 Å². The zero-order chi connectivity index (χ0) is 14.3. The number of benzene rings is 1. The number of hydrogen-bond acceptors (Lipinski definition) is 0. The van der Waals surface area contributed by atoms with E-state index >= 15 is 0 Å². The molecule has 2 heterocycles. The van der Waals surface area contributed by atoms with Crippen molar-refractivity contribution in [3.05, 3.63) is 64.3 Å². The van der Waals surface area contributed by atoms with Gasteiger partial charge in [0, 0.05) is 5.66 Å². The Labute approximate surface area is 124 Å². The molecule has 0 N–H and O–H groups in total. The van der Waals surface area contributed by atoms with Crippen LogP contribution in [-0.4, -0.2) is 11.8 Å². The first-order chi connectivity index (χ1) is 9.58. The summed E-state index contributed by atoms with van der Waals surface area (Å²) in [7, 11) is -0.0725. The Morgan fingerprint density at radius 3 is 2.35 bits per heavy atom. The van der Waals surface area contributed by atoms with E-state index in [1.807, 2.05) is 0 Å². The molecule has 2 atom stereocenters. The maximum absolute atomic E-state index is 2.46. The number of allylic oxidation sites excluding steroid dienone is 5. The first-order valence-corrected chi connectivity index (χ1v) is 9.04. The van der Waals surface area contributed by atoms with Crippen LogP contribution in [0.2, 0.25) is 0 Å². The number of hydrogen-bond donors (Lipinski definition) is 0. The molecule has 0 bridgehead atoms. The van der Waals surface area contributed by atoms with Gasteiger partial charge in [0.15, 0.2) is 0 Å². The van der Waals surface area contributed by atoms with E-state index in [-0.39, 0.29) is 7.92 Å². The summed E-state index contributed by atoms with van der Waals surface area (Å²) in [4.78, 5) is 0. The highest BCUT2D eigenvalue weighted by Gasteiger charge is 2.34. The molecule has 0 saturated heterocycles. The summed E-state index contributed by atoms with van der Waals surface area (Å²) in [6.45, 7) is 9.29. The van der Waals surface area contributed by atoms with Crippen LogP contribution in [0.5, 0.6) is 0 Å². The fourth-order valence-corrected chi connectivity index (χ4v) is 6.75. The second kappa shape index (κ2) is 5.34. The molecule has 0 spiro atoms. The standard InChI is InChI=1S/C19H23P/c1-13-10-18-16(4)14(2)11-19(20(18)12-15(13)3)17-8-6-5-7-9-17/h5-9,11,18H,10,12H2,1-4H3. The summed E-state index contributed by atoms with van der Waals surface area (Å²) in [5.41, 5.74) is 8.57. The van der Waals surface area contributed by atoms with Gasteiger partial charge in [0.1, 0.15) is 0 Å². The van der Waals surface area contributed by atoms with Crippen molar-refractivity contribution < 1.29 is 0 Å². The summed E-state index contributed by atoms with van der Waals surface area (Å²) in [5, 5.41) is 1.61. The van der Waals surface area contributed by atoms with E-state index in [0.717, 1.165) is 5.66 Å². The van der Waals surface area contributed by atoms with E-state index in [1.165, 1.54) is 23.7 Å². The van der Waals surface area contributed by atoms with Crippen molar-refractivity contribution in [2.75, 3.05) is 6.16 Å². The second-order valence-electron chi connectivity index (χ2n) is 6.17. The smallest absolute Gasteiger partial charge is 0.00839 e. The third kappa shape index (κ3) is 2.31. The molecule has 2 unspecified atom stereocenters. The van der Waals surface area contributed by atoms with Crippen LogP contribution < -0.4 is 0 Å². The topological polar surface area (TPSA) is 0 Å². The molecule has 0 aromatic heterocycles. The summed E-state index contributed by atoms with van der Waals surface area (Å²) < 4.78 is 0. The van der Waals surface area contributed by atoms with Crippen molar-refractivity contribution >= 4 is 13.2 Å². The Morgan fingerprint density at radius 2 is 1.65 bits per heavy atom. The molecule has 0 radical (unpaired) electrons. The van der Waals surface area contributed by atoms with Crippen LogP contribution in [0.4, 0.5) is 0 Å². The molecule has 0 amide bonds. The van der Waals surface area contributed by atoms with Gasteiger partial charge >= 0.3 is 0 Å². The van der Waals surface area contributed by atoms with Gasteiger partial charge < -0.3 is 0 Å². The quantitative estimate of drug-likeness (QED) is 0.440. The van der Waals surface area contributed by atoms with Gasteiger partial charge in [-0.15, -0.1) is 0 Å². The molecular weight excluding hydrogens is 259 g/mol. The molecule has 2 aliphatic rings. The Hall–Kier alpha value is -1.13. The third-order valence-corrected chi connectivity index (χ3v) is 8.01. The fourth-order valence-electron chi connectivity index (χ4n) is 3.24. The van der Waals surface area contributed by atoms with Gasteiger partial charge in [-0.2, -0.15) is 0 Å². The zero-order valence-corrected chi connectivity index (χ0v) is 13.8. The maximum Gasteiger partial charge on any atom is 0.00839 e. The first-order valence-electron chi connectivity index (χ1n) is 7.44. The van der Waals surface area contributed by atoms with E-state index in [0.29, 0.717) is 0 Å². The molecule has 0 fully saturated rings. The lowest BCUT2D eigenvalue weighted by Crippen LogP contribution is -2.20. The second-order valence-corrected chi connectivity index (χ2v) is 8.53. The minimum absolute atomic E-state index is 0.0725. The predicted molar refractivity (Wildman–Crippen MR) is 91.4 cm³/mol. The van der Waals surface area contributed by atoms with E-state index in [1.54, 1.807) is 22.0 Å². The monoisotopic (exact) mass is 282 g/mol. The van der Waals surface area contributed by atoms with Crippen LogP contribution in [0.1, 0.15) is 39.7 Å². The molecule has 1 heteroatoms. The molecule has 0 aliphatic carbocycles. The van der Waals surface area contributed by atoms with Crippen molar-refractivity contribution in [2.24, 2.45) is 0 Å². The van der Waals surface area contributed by atoms with Gasteiger partial charge in [0.25, 0.3) is 0 Å². The van der Waals surface area contributed by atoms with E-state index in [9.17, 15) is 0 Å². The Balaban J connectivity index is 2.09. The van der Waals surface area contributed by atoms with E-state index < -0.39 is 0 Å². The van der Waals surface area contributed by atoms with Crippen LogP contribution >= 0.6 is 7.92 Å². The van der Waals surface area contributed by atoms with Gasteiger partial charge in [0.05, 0.1) is 0 Å². The minimum atomic E-state index is -0.0725. The van der Waals surface area contributed by atoms with Gasteiger partial charge in [-0.1, -0.05) is 66.6 Å². The fraction of sp³-hybridized carbons (Fsp3) is 0.368. The molecule has 3 rings (SSSR count). The lowest BCUT2D eigenvalue weighted by molar-refractivity contribution is 0.884. The molecule has 0 nitrogen and oxygen atoms in total. The predicted octanol–water partition coefficient (Wildman–Crippen LogP) is 5.97. The molecule has 0 saturated carbocycles. The van der Waals surface area contributed by atoms with Crippen molar-refractivity contribution in [2.45, 2.75) is 39.8 Å². The Kier molecular flexibility index (Phi) is 3.69. The van der Waals surface area contributed by atoms with E-state index in [2.05, 4.69) is 64.1 Å². The highest BCUT2D eigenvalue weighted by molar-refractivity contribution is 7.69. The molecule has 1 aromatic carbocycles. The molecule has 1 aromatic rings. The third-order valence-electron chi connectivity index (χ3n) is 4.87. The van der Waals surface area contributed by atoms with Crippen LogP contribution in [0, 0.1) is 0 Å². The molecule has 2 aliphatic heterocycles. The van der Waals surface area contributed by atoms with Crippen LogP contribution in [-0.2, 0) is 0 Å². The number of rotatable bonds is 1. The largest absolute Gasteiger partial charge is 0.0731 e. The van der Waals surface area contributed by atoms with Crippen LogP contribution in [0.15, 0.2) is 58.7 Å². The highest BCUT2D eigenvalue weighted by atomic mass is 31.1. The zero-order valence-electron chi connectivity index (χ0n) is 12.9. The molecule has 104 valence electrons. The normalized spacial score (nSPS) is 26.5. The summed E-state index contributed by atoms with van der Waals surface area (Å²) in [5.74, 6) is 0. The summed E-state index contributed by atoms with van der Waals surface area (Å²) in [6.07, 6.45) is 5.02. The lowest BCUT2D eigenvalue weighted by Gasteiger charge is -2.39. The average Bonchev–Trinajstić information content (AvgIpc) is 2.46. The van der Waals surface area contributed by atoms with Gasteiger partial charge in [-0.25, -0.2) is 0 Å². The van der Waals surface area contributed by atoms with Crippen LogP contribution in [0.25, 0.3) is 5.31 Å². The lowest BCUT2D eigenvalue weighted by atomic mass is 9.98. The summed E-state index contributed by atoms with van der Waals surface area (Å²) in [6, 6.07) is 11.0. The van der Waals surface area contributed by atoms with Crippen molar-refractivity contribution in [1.29, 1.82) is 0 Å². The van der Waals surface area contributed by atoms with Gasteiger partial charge in [-0.3, -0.25) is 0 Å². The minimum Gasteiger partial charge on any atom is -0.0731 e. The first kappa shape index (κ1) is 13.8. The van der Waals surface area contributed by atoms with Gasteiger partial charge in [0.2, 0.25) is 0 Å².